The van der Waals surface area contributed by atoms with E-state index in [0.717, 1.165) is 11.5 Å². The maximum absolute atomic E-state index is 5.28. The molecule has 1 fully saturated rings. The van der Waals surface area contributed by atoms with Crippen molar-refractivity contribution in [3.8, 4) is 0 Å². The molecule has 0 aromatic heterocycles. The number of hydrogen-bond donors (Lipinski definition) is 2. The fraction of sp³-hybridized carbons (Fsp3) is 0.583. The van der Waals surface area contributed by atoms with Gasteiger partial charge < -0.3 is 10.6 Å². The highest BCUT2D eigenvalue weighted by Crippen LogP contribution is 2.27. The molecule has 1 aliphatic carbocycles. The molecule has 88 valence electrons. The van der Waals surface area contributed by atoms with E-state index in [1.54, 1.807) is 0 Å². The second kappa shape index (κ2) is 5.14. The van der Waals surface area contributed by atoms with Crippen LogP contribution in [0.3, 0.4) is 0 Å². The first-order valence-electron chi connectivity index (χ1n) is 5.67. The van der Waals surface area contributed by atoms with Crippen molar-refractivity contribution in [1.82, 2.24) is 10.6 Å². The average Bonchev–Trinajstić information content (AvgIpc) is 2.39. The SMILES string of the molecule is CC1C=C2NC(=S)CN[C@H](C)C2=CC(I)C1. The smallest absolute Gasteiger partial charge is 0.0937 e. The average molecular weight is 348 g/mol. The Hall–Kier alpha value is 0.0600. The molecule has 4 heteroatoms. The fourth-order valence-corrected chi connectivity index (χ4v) is 3.58. The quantitative estimate of drug-likeness (QED) is 0.400. The van der Waals surface area contributed by atoms with E-state index in [1.807, 2.05) is 0 Å². The molecule has 0 amide bonds. The van der Waals surface area contributed by atoms with Gasteiger partial charge in [0.15, 0.2) is 0 Å². The summed E-state index contributed by atoms with van der Waals surface area (Å²) in [5.74, 6) is 0.603. The third kappa shape index (κ3) is 2.84. The minimum Gasteiger partial charge on any atom is -0.349 e. The number of alkyl halides is 1. The van der Waals surface area contributed by atoms with Crippen LogP contribution in [-0.4, -0.2) is 21.5 Å². The molecule has 0 aromatic carbocycles. The lowest BCUT2D eigenvalue weighted by molar-refractivity contribution is 0.674. The lowest BCUT2D eigenvalue weighted by Gasteiger charge is -2.15. The third-order valence-corrected chi connectivity index (χ3v) is 4.14. The van der Waals surface area contributed by atoms with Gasteiger partial charge in [-0.25, -0.2) is 0 Å². The fourth-order valence-electron chi connectivity index (χ4n) is 2.20. The van der Waals surface area contributed by atoms with Gasteiger partial charge in [-0.2, -0.15) is 0 Å². The minimum absolute atomic E-state index is 0.377. The van der Waals surface area contributed by atoms with Gasteiger partial charge in [-0.3, -0.25) is 0 Å². The van der Waals surface area contributed by atoms with Crippen molar-refractivity contribution < 1.29 is 0 Å². The molecule has 2 aliphatic rings. The van der Waals surface area contributed by atoms with Gasteiger partial charge >= 0.3 is 0 Å². The molecule has 0 saturated carbocycles. The molecular weight excluding hydrogens is 331 g/mol. The molecule has 1 heterocycles. The summed E-state index contributed by atoms with van der Waals surface area (Å²) in [5, 5.41) is 6.80. The van der Waals surface area contributed by atoms with Crippen LogP contribution in [0.2, 0.25) is 0 Å². The number of thiocarbonyl (C=S) groups is 1. The summed E-state index contributed by atoms with van der Waals surface area (Å²) in [4.78, 5) is 0.889. The van der Waals surface area contributed by atoms with Crippen molar-refractivity contribution in [2.75, 3.05) is 6.54 Å². The van der Waals surface area contributed by atoms with Gasteiger partial charge in [0.1, 0.15) is 0 Å². The first kappa shape index (κ1) is 12.5. The molecule has 3 atom stereocenters. The molecule has 2 unspecified atom stereocenters. The number of nitrogens with one attached hydrogen (secondary N) is 2. The lowest BCUT2D eigenvalue weighted by atomic mass is 10.0. The Bertz CT molecular complexity index is 362. The Morgan fingerprint density at radius 3 is 2.88 bits per heavy atom. The maximum Gasteiger partial charge on any atom is 0.0937 e. The first-order chi connectivity index (χ1) is 7.56. The first-order valence-corrected chi connectivity index (χ1v) is 7.33. The van der Waals surface area contributed by atoms with Crippen LogP contribution in [0, 0.1) is 5.92 Å². The summed E-state index contributed by atoms with van der Waals surface area (Å²) in [6.07, 6.45) is 5.89. The Balaban J connectivity index is 2.38. The molecule has 0 aromatic rings. The highest BCUT2D eigenvalue weighted by atomic mass is 127. The van der Waals surface area contributed by atoms with Gasteiger partial charge in [-0.15, -0.1) is 0 Å². The number of allylic oxidation sites excluding steroid dienone is 2. The van der Waals surface area contributed by atoms with Gasteiger partial charge in [0.05, 0.1) is 4.99 Å². The van der Waals surface area contributed by atoms with Gasteiger partial charge in [0.25, 0.3) is 0 Å². The second-order valence-corrected chi connectivity index (χ2v) is 6.67. The maximum atomic E-state index is 5.28. The molecule has 0 radical (unpaired) electrons. The van der Waals surface area contributed by atoms with Crippen LogP contribution in [0.15, 0.2) is 23.4 Å². The molecule has 2 rings (SSSR count). The van der Waals surface area contributed by atoms with Crippen molar-refractivity contribution in [2.45, 2.75) is 30.2 Å². The summed E-state index contributed by atoms with van der Waals surface area (Å²) in [6, 6.07) is 0.377. The highest BCUT2D eigenvalue weighted by molar-refractivity contribution is 14.1. The Kier molecular flexibility index (Phi) is 4.02. The molecule has 2 N–H and O–H groups in total. The van der Waals surface area contributed by atoms with E-state index in [2.05, 4.69) is 59.2 Å². The van der Waals surface area contributed by atoms with Crippen LogP contribution in [0.5, 0.6) is 0 Å². The highest BCUT2D eigenvalue weighted by Gasteiger charge is 2.23. The van der Waals surface area contributed by atoms with Gasteiger partial charge in [0, 0.05) is 22.2 Å². The van der Waals surface area contributed by atoms with Crippen LogP contribution in [0.1, 0.15) is 20.3 Å². The summed E-state index contributed by atoms with van der Waals surface area (Å²) in [5.41, 5.74) is 2.58. The molecule has 1 aliphatic heterocycles. The molecule has 1 saturated heterocycles. The van der Waals surface area contributed by atoms with Crippen LogP contribution in [0.25, 0.3) is 0 Å². The standard InChI is InChI=1S/C12H17IN2S/c1-7-3-9(13)5-10-8(2)14-6-12(16)15-11(10)4-7/h4-5,7-9,14H,3,6H2,1-2H3,(H,15,16)/t7?,8-,9?/m1/s1. The normalized spacial score (nSPS) is 35.2. The van der Waals surface area contributed by atoms with Crippen molar-refractivity contribution in [3.63, 3.8) is 0 Å². The van der Waals surface area contributed by atoms with Gasteiger partial charge in [-0.05, 0) is 24.8 Å². The van der Waals surface area contributed by atoms with E-state index in [0.29, 0.717) is 15.9 Å². The van der Waals surface area contributed by atoms with Gasteiger partial charge in [0.2, 0.25) is 0 Å². The molecular formula is C12H17IN2S. The van der Waals surface area contributed by atoms with E-state index in [-0.39, 0.29) is 0 Å². The molecule has 16 heavy (non-hydrogen) atoms. The minimum atomic E-state index is 0.377. The predicted molar refractivity (Wildman–Crippen MR) is 81.0 cm³/mol. The van der Waals surface area contributed by atoms with E-state index in [9.17, 15) is 0 Å². The topological polar surface area (TPSA) is 24.1 Å². The van der Waals surface area contributed by atoms with E-state index in [1.165, 1.54) is 17.7 Å². The van der Waals surface area contributed by atoms with E-state index in [4.69, 9.17) is 12.2 Å². The number of halogens is 1. The summed E-state index contributed by atoms with van der Waals surface area (Å²) < 4.78 is 0.606. The Morgan fingerprint density at radius 2 is 2.12 bits per heavy atom. The lowest BCUT2D eigenvalue weighted by Crippen LogP contribution is -2.30. The van der Waals surface area contributed by atoms with Crippen molar-refractivity contribution in [1.29, 1.82) is 0 Å². The predicted octanol–water partition coefficient (Wildman–Crippen LogP) is 2.55. The summed E-state index contributed by atoms with van der Waals surface area (Å²) in [7, 11) is 0. The van der Waals surface area contributed by atoms with E-state index < -0.39 is 0 Å². The van der Waals surface area contributed by atoms with Crippen molar-refractivity contribution >= 4 is 39.8 Å². The van der Waals surface area contributed by atoms with Gasteiger partial charge in [-0.1, -0.05) is 53.9 Å². The Morgan fingerprint density at radius 1 is 1.38 bits per heavy atom. The zero-order valence-electron chi connectivity index (χ0n) is 9.59. The zero-order valence-corrected chi connectivity index (χ0v) is 12.6. The van der Waals surface area contributed by atoms with Crippen molar-refractivity contribution in [3.05, 3.63) is 23.4 Å². The largest absolute Gasteiger partial charge is 0.349 e. The monoisotopic (exact) mass is 348 g/mol. The summed E-state index contributed by atoms with van der Waals surface area (Å²) >= 11 is 7.80. The number of hydrogen-bond acceptors (Lipinski definition) is 2. The third-order valence-electron chi connectivity index (χ3n) is 3.03. The summed E-state index contributed by atoms with van der Waals surface area (Å²) in [6.45, 7) is 5.24. The zero-order chi connectivity index (χ0) is 11.7. The number of fused-ring (bicyclic) bond motifs is 1. The Labute approximate surface area is 116 Å². The van der Waals surface area contributed by atoms with Crippen LogP contribution >= 0.6 is 34.8 Å². The number of rotatable bonds is 0. The molecule has 2 nitrogen and oxygen atoms in total. The second-order valence-electron chi connectivity index (χ2n) is 4.58. The van der Waals surface area contributed by atoms with Crippen LogP contribution in [0.4, 0.5) is 0 Å². The molecule has 0 bridgehead atoms. The molecule has 0 spiro atoms. The van der Waals surface area contributed by atoms with Crippen molar-refractivity contribution in [2.24, 2.45) is 5.92 Å². The van der Waals surface area contributed by atoms with E-state index >= 15 is 0 Å². The van der Waals surface area contributed by atoms with Crippen LogP contribution < -0.4 is 10.6 Å². The van der Waals surface area contributed by atoms with Crippen LogP contribution in [-0.2, 0) is 0 Å².